The molecule has 0 radical (unpaired) electrons. The summed E-state index contributed by atoms with van der Waals surface area (Å²) in [5.41, 5.74) is 0.621. The van der Waals surface area contributed by atoms with Crippen molar-refractivity contribution >= 4 is 21.3 Å². The molecule has 4 heterocycles. The summed E-state index contributed by atoms with van der Waals surface area (Å²) in [6.07, 6.45) is 5.05. The van der Waals surface area contributed by atoms with Crippen molar-refractivity contribution in [3.8, 4) is 17.3 Å². The van der Waals surface area contributed by atoms with E-state index in [1.54, 1.807) is 52.3 Å². The molecule has 0 amide bonds. The molecule has 184 valence electrons. The number of aromatic nitrogens is 5. The Morgan fingerprint density at radius 2 is 1.81 bits per heavy atom. The van der Waals surface area contributed by atoms with Gasteiger partial charge in [0, 0.05) is 31.4 Å². The molecule has 4 aromatic rings. The molecule has 1 saturated heterocycles. The highest BCUT2D eigenvalue weighted by atomic mass is 32.2. The zero-order chi connectivity index (χ0) is 25.1. The Balaban J connectivity index is 1.33. The van der Waals surface area contributed by atoms with Crippen molar-refractivity contribution in [3.05, 3.63) is 83.6 Å². The van der Waals surface area contributed by atoms with Crippen molar-refractivity contribution in [2.45, 2.75) is 23.1 Å². The van der Waals surface area contributed by atoms with Gasteiger partial charge in [-0.25, -0.2) is 23.1 Å². The van der Waals surface area contributed by atoms with Gasteiger partial charge in [0.05, 0.1) is 15.9 Å². The van der Waals surface area contributed by atoms with Crippen LogP contribution in [0.5, 0.6) is 11.6 Å². The molecule has 1 aliphatic rings. The summed E-state index contributed by atoms with van der Waals surface area (Å²) in [4.78, 5) is 25.2. The summed E-state index contributed by atoms with van der Waals surface area (Å²) in [6.45, 7) is 0.585. The van der Waals surface area contributed by atoms with Gasteiger partial charge in [0.25, 0.3) is 0 Å². The van der Waals surface area contributed by atoms with E-state index < -0.39 is 20.0 Å². The molecule has 0 atom stereocenters. The molecule has 12 nitrogen and oxygen atoms in total. The van der Waals surface area contributed by atoms with Crippen molar-refractivity contribution in [2.75, 3.05) is 18.0 Å². The molecule has 0 spiro atoms. The molecule has 3 aromatic heterocycles. The molecular weight excluding hydrogens is 486 g/mol. The van der Waals surface area contributed by atoms with Crippen LogP contribution in [0.3, 0.4) is 0 Å². The maximum absolute atomic E-state index is 12.9. The van der Waals surface area contributed by atoms with Gasteiger partial charge in [-0.2, -0.15) is 10.1 Å². The number of benzene rings is 1. The average Bonchev–Trinajstić information content (AvgIpc) is 3.45. The number of ether oxygens (including phenoxy) is 1. The molecular formula is C23H21N7O5S. The zero-order valence-corrected chi connectivity index (χ0v) is 19.7. The number of piperidine rings is 1. The molecule has 0 saturated carbocycles. The Bertz CT molecular complexity index is 1450. The Kier molecular flexibility index (Phi) is 6.29. The Morgan fingerprint density at radius 3 is 2.44 bits per heavy atom. The van der Waals surface area contributed by atoms with Crippen molar-refractivity contribution in [1.82, 2.24) is 24.7 Å². The number of anilines is 1. The third-order valence-corrected chi connectivity index (χ3v) is 8.05. The van der Waals surface area contributed by atoms with E-state index in [0.29, 0.717) is 31.7 Å². The summed E-state index contributed by atoms with van der Waals surface area (Å²) >= 11 is 0. The van der Waals surface area contributed by atoms with Gasteiger partial charge in [-0.05, 0) is 49.2 Å². The number of pyridine rings is 2. The van der Waals surface area contributed by atoms with E-state index in [-0.39, 0.29) is 22.4 Å². The predicted octanol–water partition coefficient (Wildman–Crippen LogP) is 3.20. The molecule has 36 heavy (non-hydrogen) atoms. The first-order chi connectivity index (χ1) is 17.4. The van der Waals surface area contributed by atoms with E-state index in [4.69, 9.17) is 4.74 Å². The van der Waals surface area contributed by atoms with Crippen LogP contribution in [0.2, 0.25) is 0 Å². The second-order valence-corrected chi connectivity index (χ2v) is 10.3. The van der Waals surface area contributed by atoms with Gasteiger partial charge in [-0.1, -0.05) is 6.07 Å². The van der Waals surface area contributed by atoms with Crippen molar-refractivity contribution in [3.63, 3.8) is 0 Å². The number of sulfone groups is 1. The Labute approximate surface area is 206 Å². The number of rotatable bonds is 7. The lowest BCUT2D eigenvalue weighted by Crippen LogP contribution is -2.40. The van der Waals surface area contributed by atoms with Crippen molar-refractivity contribution in [1.29, 1.82) is 0 Å². The Morgan fingerprint density at radius 1 is 1.03 bits per heavy atom. The van der Waals surface area contributed by atoms with Crippen LogP contribution in [0, 0.1) is 10.1 Å². The largest absolute Gasteiger partial charge is 0.439 e. The first-order valence-electron chi connectivity index (χ1n) is 11.1. The lowest BCUT2D eigenvalue weighted by atomic mass is 10.1. The lowest BCUT2D eigenvalue weighted by molar-refractivity contribution is -0.384. The molecule has 1 aliphatic heterocycles. The van der Waals surface area contributed by atoms with E-state index in [2.05, 4.69) is 20.1 Å². The first kappa shape index (κ1) is 23.4. The third-order valence-electron chi connectivity index (χ3n) is 5.88. The van der Waals surface area contributed by atoms with Crippen LogP contribution in [0.15, 0.2) is 78.5 Å². The predicted molar refractivity (Wildman–Crippen MR) is 129 cm³/mol. The number of nitrogens with zero attached hydrogens (tertiary/aromatic N) is 7. The van der Waals surface area contributed by atoms with Gasteiger partial charge < -0.3 is 9.64 Å². The van der Waals surface area contributed by atoms with E-state index in [9.17, 15) is 18.5 Å². The minimum Gasteiger partial charge on any atom is -0.439 e. The Hall–Kier alpha value is -4.39. The molecule has 0 unspecified atom stereocenters. The highest BCUT2D eigenvalue weighted by molar-refractivity contribution is 7.92. The van der Waals surface area contributed by atoms with E-state index in [1.807, 2.05) is 0 Å². The topological polar surface area (TPSA) is 146 Å². The maximum atomic E-state index is 12.9. The minimum absolute atomic E-state index is 0.0396. The van der Waals surface area contributed by atoms with Crippen LogP contribution in [0.1, 0.15) is 12.8 Å². The minimum atomic E-state index is -3.59. The van der Waals surface area contributed by atoms with Gasteiger partial charge in [0.1, 0.15) is 18.4 Å². The highest BCUT2D eigenvalue weighted by Gasteiger charge is 2.34. The smallest absolute Gasteiger partial charge is 0.311 e. The first-order valence-corrected chi connectivity index (χ1v) is 12.6. The van der Waals surface area contributed by atoms with Crippen LogP contribution >= 0.6 is 0 Å². The van der Waals surface area contributed by atoms with Crippen LogP contribution in [0.4, 0.5) is 11.5 Å². The molecule has 0 N–H and O–H groups in total. The monoisotopic (exact) mass is 507 g/mol. The SMILES string of the molecule is O=[N+]([O-])c1ccc(Oc2ccc(-n3cncn3)cc2)nc1N1CCC(S(=O)(=O)c2ccccn2)CC1. The summed E-state index contributed by atoms with van der Waals surface area (Å²) in [6, 6.07) is 14.6. The van der Waals surface area contributed by atoms with Crippen LogP contribution in [-0.2, 0) is 9.84 Å². The van der Waals surface area contributed by atoms with Crippen LogP contribution in [-0.4, -0.2) is 56.4 Å². The fourth-order valence-corrected chi connectivity index (χ4v) is 5.70. The lowest BCUT2D eigenvalue weighted by Gasteiger charge is -2.32. The van der Waals surface area contributed by atoms with Gasteiger partial charge in [-0.3, -0.25) is 10.1 Å². The fraction of sp³-hybridized carbons (Fsp3) is 0.217. The zero-order valence-electron chi connectivity index (χ0n) is 18.9. The molecule has 0 aliphatic carbocycles. The van der Waals surface area contributed by atoms with E-state index in [1.165, 1.54) is 30.7 Å². The van der Waals surface area contributed by atoms with Gasteiger partial charge >= 0.3 is 5.69 Å². The quantitative estimate of drug-likeness (QED) is 0.270. The molecule has 5 rings (SSSR count). The van der Waals surface area contributed by atoms with Crippen LogP contribution < -0.4 is 9.64 Å². The van der Waals surface area contributed by atoms with Crippen molar-refractivity contribution in [2.24, 2.45) is 0 Å². The summed E-state index contributed by atoms with van der Waals surface area (Å²) in [5.74, 6) is 0.823. The summed E-state index contributed by atoms with van der Waals surface area (Å²) < 4.78 is 33.3. The number of hydrogen-bond donors (Lipinski definition) is 0. The molecule has 0 bridgehead atoms. The van der Waals surface area contributed by atoms with E-state index >= 15 is 0 Å². The molecule has 13 heteroatoms. The van der Waals surface area contributed by atoms with Crippen LogP contribution in [0.25, 0.3) is 5.69 Å². The summed E-state index contributed by atoms with van der Waals surface area (Å²) in [5, 5.41) is 15.2. The van der Waals surface area contributed by atoms with Gasteiger partial charge in [-0.15, -0.1) is 0 Å². The third kappa shape index (κ3) is 4.73. The van der Waals surface area contributed by atoms with Gasteiger partial charge in [0.15, 0.2) is 14.9 Å². The second kappa shape index (κ2) is 9.70. The van der Waals surface area contributed by atoms with Crippen molar-refractivity contribution < 1.29 is 18.1 Å². The van der Waals surface area contributed by atoms with E-state index in [0.717, 1.165) is 5.69 Å². The molecule has 1 aromatic carbocycles. The highest BCUT2D eigenvalue weighted by Crippen LogP contribution is 2.33. The number of hydrogen-bond acceptors (Lipinski definition) is 10. The molecule has 1 fully saturated rings. The fourth-order valence-electron chi connectivity index (χ4n) is 4.05. The normalized spacial score (nSPS) is 14.5. The number of nitro groups is 1. The maximum Gasteiger partial charge on any atom is 0.311 e. The van der Waals surface area contributed by atoms with Gasteiger partial charge in [0.2, 0.25) is 11.7 Å². The average molecular weight is 508 g/mol. The standard InChI is InChI=1S/C23H21N7O5S/c31-30(32)20-8-9-21(35-18-6-4-17(5-7-18)29-16-24-15-26-29)27-23(20)28-13-10-19(11-14-28)36(33,34)22-3-1-2-12-25-22/h1-9,12,15-16,19H,10-11,13-14H2. The second-order valence-electron chi connectivity index (χ2n) is 8.08. The summed E-state index contributed by atoms with van der Waals surface area (Å²) in [7, 11) is -3.59.